The molecule has 1 fully saturated rings. The minimum absolute atomic E-state index is 0.595. The zero-order valence-corrected chi connectivity index (χ0v) is 11.3. The maximum absolute atomic E-state index is 5.82. The summed E-state index contributed by atoms with van der Waals surface area (Å²) in [5.74, 6) is 0. The van der Waals surface area contributed by atoms with Crippen LogP contribution in [-0.4, -0.2) is 32.4 Å². The lowest BCUT2D eigenvalue weighted by atomic mass is 10.1. The van der Waals surface area contributed by atoms with Crippen LogP contribution < -0.4 is 5.32 Å². The number of nitrogens with one attached hydrogen (secondary N) is 1. The predicted molar refractivity (Wildman–Crippen MR) is 73.0 cm³/mol. The molecule has 18 heavy (non-hydrogen) atoms. The maximum atomic E-state index is 5.82. The van der Waals surface area contributed by atoms with Crippen molar-refractivity contribution in [2.24, 2.45) is 0 Å². The Morgan fingerprint density at radius 3 is 2.67 bits per heavy atom. The van der Waals surface area contributed by atoms with Gasteiger partial charge in [0.25, 0.3) is 0 Å². The van der Waals surface area contributed by atoms with E-state index in [1.54, 1.807) is 0 Å². The molecule has 3 nitrogen and oxygen atoms in total. The predicted octanol–water partition coefficient (Wildman–Crippen LogP) is 2.63. The van der Waals surface area contributed by atoms with Crippen LogP contribution in [0, 0.1) is 0 Å². The Labute approximate surface area is 113 Å². The minimum Gasteiger partial charge on any atom is -0.381 e. The van der Waals surface area contributed by atoms with Crippen LogP contribution in [0.1, 0.15) is 18.4 Å². The summed E-state index contributed by atoms with van der Waals surface area (Å²) in [6.07, 6.45) is 2.22. The third-order valence-corrected chi connectivity index (χ3v) is 3.33. The maximum Gasteiger partial charge on any atom is 0.0717 e. The van der Waals surface area contributed by atoms with Gasteiger partial charge in [0.1, 0.15) is 0 Å². The Hall–Kier alpha value is -0.610. The number of hydrogen-bond acceptors (Lipinski definition) is 3. The Morgan fingerprint density at radius 2 is 1.94 bits per heavy atom. The number of rotatable bonds is 6. The van der Waals surface area contributed by atoms with Crippen LogP contribution in [-0.2, 0) is 16.1 Å². The number of ether oxygens (including phenoxy) is 2. The van der Waals surface area contributed by atoms with Gasteiger partial charge in [-0.25, -0.2) is 0 Å². The van der Waals surface area contributed by atoms with E-state index in [4.69, 9.17) is 21.1 Å². The molecule has 1 aliphatic heterocycles. The molecule has 1 heterocycles. The van der Waals surface area contributed by atoms with Gasteiger partial charge >= 0.3 is 0 Å². The molecule has 0 saturated carbocycles. The van der Waals surface area contributed by atoms with E-state index in [1.165, 1.54) is 0 Å². The first-order valence-corrected chi connectivity index (χ1v) is 6.86. The Morgan fingerprint density at radius 1 is 1.22 bits per heavy atom. The van der Waals surface area contributed by atoms with E-state index in [1.807, 2.05) is 24.3 Å². The first-order chi connectivity index (χ1) is 8.84. The van der Waals surface area contributed by atoms with Crippen molar-refractivity contribution in [2.75, 3.05) is 26.4 Å². The molecule has 0 radical (unpaired) electrons. The van der Waals surface area contributed by atoms with Crippen molar-refractivity contribution in [3.8, 4) is 0 Å². The van der Waals surface area contributed by atoms with Crippen molar-refractivity contribution in [2.45, 2.75) is 25.5 Å². The van der Waals surface area contributed by atoms with Crippen molar-refractivity contribution in [1.82, 2.24) is 5.32 Å². The molecule has 1 aromatic carbocycles. The topological polar surface area (TPSA) is 30.5 Å². The van der Waals surface area contributed by atoms with Crippen molar-refractivity contribution >= 4 is 11.6 Å². The Kier molecular flexibility index (Phi) is 5.94. The highest BCUT2D eigenvalue weighted by Crippen LogP contribution is 2.10. The first kappa shape index (κ1) is 13.8. The van der Waals surface area contributed by atoms with Crippen LogP contribution in [0.3, 0.4) is 0 Å². The van der Waals surface area contributed by atoms with Gasteiger partial charge in [0.2, 0.25) is 0 Å². The van der Waals surface area contributed by atoms with E-state index >= 15 is 0 Å². The average Bonchev–Trinajstić information content (AvgIpc) is 2.42. The van der Waals surface area contributed by atoms with Crippen LogP contribution in [0.2, 0.25) is 5.02 Å². The van der Waals surface area contributed by atoms with Crippen molar-refractivity contribution in [3.05, 3.63) is 34.9 Å². The summed E-state index contributed by atoms with van der Waals surface area (Å²) in [4.78, 5) is 0. The normalized spacial score (nSPS) is 16.9. The highest BCUT2D eigenvalue weighted by atomic mass is 35.5. The molecule has 1 aliphatic rings. The van der Waals surface area contributed by atoms with Crippen molar-refractivity contribution in [3.63, 3.8) is 0 Å². The second-order valence-electron chi connectivity index (χ2n) is 4.52. The van der Waals surface area contributed by atoms with E-state index in [0.717, 1.165) is 49.8 Å². The number of hydrogen-bond donors (Lipinski definition) is 1. The molecule has 1 N–H and O–H groups in total. The molecule has 0 unspecified atom stereocenters. The minimum atomic E-state index is 0.595. The number of halogens is 1. The quantitative estimate of drug-likeness (QED) is 0.806. The standard InChI is InChI=1S/C14H20ClNO2/c15-13-3-1-12(2-4-13)11-18-10-7-16-14-5-8-17-9-6-14/h1-4,14,16H,5-11H2. The molecule has 4 heteroatoms. The van der Waals surface area contributed by atoms with Crippen molar-refractivity contribution in [1.29, 1.82) is 0 Å². The summed E-state index contributed by atoms with van der Waals surface area (Å²) in [7, 11) is 0. The SMILES string of the molecule is Clc1ccc(COCCNC2CCOCC2)cc1. The summed E-state index contributed by atoms with van der Waals surface area (Å²) in [6, 6.07) is 8.36. The molecular formula is C14H20ClNO2. The van der Waals surface area contributed by atoms with E-state index in [9.17, 15) is 0 Å². The van der Waals surface area contributed by atoms with Gasteiger partial charge in [-0.1, -0.05) is 23.7 Å². The molecule has 1 saturated heterocycles. The summed E-state index contributed by atoms with van der Waals surface area (Å²) < 4.78 is 10.9. The van der Waals surface area contributed by atoms with Gasteiger partial charge in [0.05, 0.1) is 13.2 Å². The second kappa shape index (κ2) is 7.74. The summed E-state index contributed by atoms with van der Waals surface area (Å²) >= 11 is 5.82. The van der Waals surface area contributed by atoms with Gasteiger partial charge in [-0.15, -0.1) is 0 Å². The van der Waals surface area contributed by atoms with E-state index in [-0.39, 0.29) is 0 Å². The zero-order chi connectivity index (χ0) is 12.6. The van der Waals surface area contributed by atoms with E-state index < -0.39 is 0 Å². The highest BCUT2D eigenvalue weighted by Gasteiger charge is 2.11. The highest BCUT2D eigenvalue weighted by molar-refractivity contribution is 6.30. The third-order valence-electron chi connectivity index (χ3n) is 3.08. The summed E-state index contributed by atoms with van der Waals surface area (Å²) in [5, 5.41) is 4.25. The molecule has 0 spiro atoms. The van der Waals surface area contributed by atoms with E-state index in [2.05, 4.69) is 5.32 Å². The summed E-state index contributed by atoms with van der Waals surface area (Å²) in [6.45, 7) is 4.04. The molecule has 0 aliphatic carbocycles. The van der Waals surface area contributed by atoms with Crippen molar-refractivity contribution < 1.29 is 9.47 Å². The monoisotopic (exact) mass is 269 g/mol. The second-order valence-corrected chi connectivity index (χ2v) is 4.96. The van der Waals surface area contributed by atoms with Crippen LogP contribution in [0.5, 0.6) is 0 Å². The zero-order valence-electron chi connectivity index (χ0n) is 10.5. The van der Waals surface area contributed by atoms with Gasteiger partial charge in [-0.2, -0.15) is 0 Å². The van der Waals surface area contributed by atoms with Crippen LogP contribution >= 0.6 is 11.6 Å². The van der Waals surface area contributed by atoms with Gasteiger partial charge in [0.15, 0.2) is 0 Å². The smallest absolute Gasteiger partial charge is 0.0717 e. The number of benzene rings is 1. The molecule has 100 valence electrons. The molecule has 0 atom stereocenters. The third kappa shape index (κ3) is 4.94. The Bertz CT molecular complexity index is 336. The van der Waals surface area contributed by atoms with Crippen LogP contribution in [0.15, 0.2) is 24.3 Å². The fourth-order valence-electron chi connectivity index (χ4n) is 2.01. The lowest BCUT2D eigenvalue weighted by molar-refractivity contribution is 0.0716. The molecule has 1 aromatic rings. The molecule has 0 aromatic heterocycles. The van der Waals surface area contributed by atoms with E-state index in [0.29, 0.717) is 12.6 Å². The van der Waals surface area contributed by atoms with Crippen LogP contribution in [0.4, 0.5) is 0 Å². The fourth-order valence-corrected chi connectivity index (χ4v) is 2.13. The molecular weight excluding hydrogens is 250 g/mol. The largest absolute Gasteiger partial charge is 0.381 e. The van der Waals surface area contributed by atoms with Gasteiger partial charge in [-0.05, 0) is 30.5 Å². The molecule has 0 bridgehead atoms. The lowest BCUT2D eigenvalue weighted by Crippen LogP contribution is -2.36. The fraction of sp³-hybridized carbons (Fsp3) is 0.571. The van der Waals surface area contributed by atoms with Gasteiger partial charge in [0, 0.05) is 30.8 Å². The molecule has 2 rings (SSSR count). The first-order valence-electron chi connectivity index (χ1n) is 6.48. The van der Waals surface area contributed by atoms with Gasteiger partial charge < -0.3 is 14.8 Å². The Balaban J connectivity index is 1.54. The lowest BCUT2D eigenvalue weighted by Gasteiger charge is -2.23. The van der Waals surface area contributed by atoms with Crippen LogP contribution in [0.25, 0.3) is 0 Å². The van der Waals surface area contributed by atoms with Gasteiger partial charge in [-0.3, -0.25) is 0 Å². The summed E-state index contributed by atoms with van der Waals surface area (Å²) in [5.41, 5.74) is 1.16. The molecule has 0 amide bonds. The average molecular weight is 270 g/mol.